The maximum absolute atomic E-state index is 13.5. The van der Waals surface area contributed by atoms with Crippen LogP contribution in [0.25, 0.3) is 11.0 Å². The number of halogens is 2. The maximum Gasteiger partial charge on any atom is 0.326 e. The number of esters is 1. The van der Waals surface area contributed by atoms with Gasteiger partial charge in [-0.1, -0.05) is 0 Å². The van der Waals surface area contributed by atoms with E-state index in [0.29, 0.717) is 29.0 Å². The summed E-state index contributed by atoms with van der Waals surface area (Å²) < 4.78 is 20.1. The van der Waals surface area contributed by atoms with Gasteiger partial charge in [-0.2, -0.15) is 0 Å². The molecule has 0 unspecified atom stereocenters. The third-order valence-corrected chi connectivity index (χ3v) is 3.06. The van der Waals surface area contributed by atoms with Crippen LogP contribution in [0, 0.1) is 12.7 Å². The topological polar surface area (TPSA) is 44.1 Å². The van der Waals surface area contributed by atoms with E-state index in [1.807, 2.05) is 0 Å². The number of hydrogen-bond donors (Lipinski definition) is 0. The number of rotatable bonds is 4. The number of imidazole rings is 1. The van der Waals surface area contributed by atoms with Crippen LogP contribution in [0.2, 0.25) is 0 Å². The molecule has 1 aromatic heterocycles. The first kappa shape index (κ1) is 13.8. The van der Waals surface area contributed by atoms with Gasteiger partial charge in [0.2, 0.25) is 0 Å². The van der Waals surface area contributed by atoms with Gasteiger partial charge in [-0.15, -0.1) is 11.6 Å². The predicted octanol–water partition coefficient (Wildman–Crippen LogP) is 2.79. The van der Waals surface area contributed by atoms with Crippen LogP contribution in [0.3, 0.4) is 0 Å². The van der Waals surface area contributed by atoms with E-state index >= 15 is 0 Å². The molecule has 0 amide bonds. The molecule has 4 nitrogen and oxygen atoms in total. The summed E-state index contributed by atoms with van der Waals surface area (Å²) in [6.45, 7) is 3.75. The van der Waals surface area contributed by atoms with Gasteiger partial charge in [0.1, 0.15) is 18.2 Å². The van der Waals surface area contributed by atoms with E-state index in [9.17, 15) is 9.18 Å². The fraction of sp³-hybridized carbons (Fsp3) is 0.385. The first-order chi connectivity index (χ1) is 9.06. The molecule has 0 atom stereocenters. The highest BCUT2D eigenvalue weighted by Gasteiger charge is 2.15. The number of aryl methyl sites for hydroxylation is 1. The third-order valence-electron chi connectivity index (χ3n) is 2.82. The zero-order chi connectivity index (χ0) is 14.0. The van der Waals surface area contributed by atoms with Crippen molar-refractivity contribution in [1.29, 1.82) is 0 Å². The number of alkyl halides is 1. The van der Waals surface area contributed by atoms with E-state index in [4.69, 9.17) is 16.3 Å². The Balaban J connectivity index is 2.50. The number of hydrogen-bond acceptors (Lipinski definition) is 3. The van der Waals surface area contributed by atoms with Gasteiger partial charge in [0.15, 0.2) is 0 Å². The number of benzene rings is 1. The van der Waals surface area contributed by atoms with E-state index in [-0.39, 0.29) is 24.2 Å². The monoisotopic (exact) mass is 284 g/mol. The molecule has 102 valence electrons. The first-order valence-corrected chi connectivity index (χ1v) is 6.47. The molecule has 0 saturated carbocycles. The van der Waals surface area contributed by atoms with Gasteiger partial charge in [-0.25, -0.2) is 9.37 Å². The lowest BCUT2D eigenvalue weighted by Crippen LogP contribution is -2.15. The Bertz CT molecular complexity index is 625. The lowest BCUT2D eigenvalue weighted by Gasteiger charge is -2.07. The Hall–Kier alpha value is -1.62. The van der Waals surface area contributed by atoms with E-state index in [2.05, 4.69) is 4.98 Å². The smallest absolute Gasteiger partial charge is 0.326 e. The number of nitrogens with zero attached hydrogens (tertiary/aromatic N) is 2. The van der Waals surface area contributed by atoms with Gasteiger partial charge >= 0.3 is 5.97 Å². The van der Waals surface area contributed by atoms with Crippen molar-refractivity contribution >= 4 is 28.6 Å². The zero-order valence-electron chi connectivity index (χ0n) is 10.7. The van der Waals surface area contributed by atoms with Crippen molar-refractivity contribution in [1.82, 2.24) is 9.55 Å². The highest BCUT2D eigenvalue weighted by atomic mass is 35.5. The van der Waals surface area contributed by atoms with E-state index in [1.54, 1.807) is 24.5 Å². The summed E-state index contributed by atoms with van der Waals surface area (Å²) in [5.41, 5.74) is 1.67. The van der Waals surface area contributed by atoms with Crippen molar-refractivity contribution in [3.63, 3.8) is 0 Å². The SMILES string of the molecule is CCOC(=O)Cn1c(CCl)nc2cc(F)c(C)cc21. The summed E-state index contributed by atoms with van der Waals surface area (Å²) in [5, 5.41) is 0. The number of ether oxygens (including phenoxy) is 1. The minimum absolute atomic E-state index is 0.0253. The third kappa shape index (κ3) is 2.71. The van der Waals surface area contributed by atoms with Crippen LogP contribution in [-0.4, -0.2) is 22.1 Å². The normalized spacial score (nSPS) is 10.9. The van der Waals surface area contributed by atoms with Crippen LogP contribution in [0.1, 0.15) is 18.3 Å². The van der Waals surface area contributed by atoms with Crippen LogP contribution in [0.15, 0.2) is 12.1 Å². The Morgan fingerprint density at radius 2 is 2.26 bits per heavy atom. The molecule has 0 radical (unpaired) electrons. The second-order valence-corrected chi connectivity index (χ2v) is 4.41. The predicted molar refractivity (Wildman–Crippen MR) is 70.6 cm³/mol. The number of carbonyl (C=O) groups is 1. The average Bonchev–Trinajstić information content (AvgIpc) is 2.68. The number of aromatic nitrogens is 2. The lowest BCUT2D eigenvalue weighted by atomic mass is 10.2. The molecule has 2 rings (SSSR count). The summed E-state index contributed by atoms with van der Waals surface area (Å²) in [4.78, 5) is 15.8. The standard InChI is InChI=1S/C13H14ClFN2O2/c1-3-19-13(18)7-17-11-4-8(2)9(15)5-10(11)16-12(17)6-14/h4-5H,3,6-7H2,1-2H3. The molecule has 6 heteroatoms. The van der Waals surface area contributed by atoms with Gasteiger partial charge in [-0.3, -0.25) is 4.79 Å². The van der Waals surface area contributed by atoms with Crippen molar-refractivity contribution in [2.45, 2.75) is 26.3 Å². The van der Waals surface area contributed by atoms with Crippen LogP contribution in [0.5, 0.6) is 0 Å². The molecule has 0 aliphatic carbocycles. The van der Waals surface area contributed by atoms with E-state index < -0.39 is 0 Å². The van der Waals surface area contributed by atoms with Crippen molar-refractivity contribution in [2.24, 2.45) is 0 Å². The molecule has 1 heterocycles. The Labute approximate surface area is 115 Å². The summed E-state index contributed by atoms with van der Waals surface area (Å²) >= 11 is 5.81. The first-order valence-electron chi connectivity index (χ1n) is 5.93. The molecule has 2 aromatic rings. The molecule has 0 fully saturated rings. The van der Waals surface area contributed by atoms with Crippen LogP contribution in [-0.2, 0) is 22.0 Å². The zero-order valence-corrected chi connectivity index (χ0v) is 11.5. The molecule has 0 N–H and O–H groups in total. The molecular formula is C13H14ClFN2O2. The molecule has 0 saturated heterocycles. The highest BCUT2D eigenvalue weighted by molar-refractivity contribution is 6.16. The average molecular weight is 285 g/mol. The molecule has 0 aliphatic heterocycles. The molecule has 0 bridgehead atoms. The number of fused-ring (bicyclic) bond motifs is 1. The van der Waals surface area contributed by atoms with Gasteiger partial charge < -0.3 is 9.30 Å². The van der Waals surface area contributed by atoms with Gasteiger partial charge in [0, 0.05) is 6.07 Å². The Morgan fingerprint density at radius 1 is 1.53 bits per heavy atom. The van der Waals surface area contributed by atoms with Crippen LogP contribution in [0.4, 0.5) is 4.39 Å². The molecule has 0 spiro atoms. The molecular weight excluding hydrogens is 271 g/mol. The molecule has 0 aliphatic rings. The fourth-order valence-electron chi connectivity index (χ4n) is 1.91. The van der Waals surface area contributed by atoms with Crippen LogP contribution >= 0.6 is 11.6 Å². The fourth-order valence-corrected chi connectivity index (χ4v) is 2.12. The Kier molecular flexibility index (Phi) is 4.04. The van der Waals surface area contributed by atoms with Crippen molar-refractivity contribution in [2.75, 3.05) is 6.61 Å². The second-order valence-electron chi connectivity index (χ2n) is 4.14. The lowest BCUT2D eigenvalue weighted by molar-refractivity contribution is -0.143. The minimum atomic E-state index is -0.366. The molecule has 1 aromatic carbocycles. The second kappa shape index (κ2) is 5.57. The summed E-state index contributed by atoms with van der Waals surface area (Å²) in [6, 6.07) is 3.01. The minimum Gasteiger partial charge on any atom is -0.465 e. The van der Waals surface area contributed by atoms with Crippen molar-refractivity contribution in [3.05, 3.63) is 29.3 Å². The van der Waals surface area contributed by atoms with Crippen molar-refractivity contribution in [3.8, 4) is 0 Å². The van der Waals surface area contributed by atoms with Gasteiger partial charge in [0.25, 0.3) is 0 Å². The maximum atomic E-state index is 13.5. The summed E-state index contributed by atoms with van der Waals surface area (Å²) in [5.74, 6) is -0.0198. The van der Waals surface area contributed by atoms with E-state index in [1.165, 1.54) is 6.07 Å². The van der Waals surface area contributed by atoms with Gasteiger partial charge in [0.05, 0.1) is 23.5 Å². The number of carbonyl (C=O) groups excluding carboxylic acids is 1. The summed E-state index contributed by atoms with van der Waals surface area (Å²) in [7, 11) is 0. The summed E-state index contributed by atoms with van der Waals surface area (Å²) in [6.07, 6.45) is 0. The van der Waals surface area contributed by atoms with Crippen LogP contribution < -0.4 is 0 Å². The van der Waals surface area contributed by atoms with Gasteiger partial charge in [-0.05, 0) is 25.5 Å². The Morgan fingerprint density at radius 3 is 2.89 bits per heavy atom. The van der Waals surface area contributed by atoms with E-state index in [0.717, 1.165) is 0 Å². The largest absolute Gasteiger partial charge is 0.465 e. The highest BCUT2D eigenvalue weighted by Crippen LogP contribution is 2.21. The molecule has 19 heavy (non-hydrogen) atoms. The quantitative estimate of drug-likeness (QED) is 0.640. The van der Waals surface area contributed by atoms with Crippen molar-refractivity contribution < 1.29 is 13.9 Å².